The van der Waals surface area contributed by atoms with Gasteiger partial charge in [-0.1, -0.05) is 13.0 Å². The Morgan fingerprint density at radius 2 is 1.76 bits per heavy atom. The maximum absolute atomic E-state index is 12.8. The zero-order valence-corrected chi connectivity index (χ0v) is 17.5. The Morgan fingerprint density at radius 3 is 2.38 bits per heavy atom. The second kappa shape index (κ2) is 8.23. The second-order valence-corrected chi connectivity index (χ2v) is 10.7. The highest BCUT2D eigenvalue weighted by molar-refractivity contribution is 7.89. The summed E-state index contributed by atoms with van der Waals surface area (Å²) in [6.07, 6.45) is 1.86. The van der Waals surface area contributed by atoms with Crippen LogP contribution in [0.5, 0.6) is 0 Å². The topological polar surface area (TPSA) is 127 Å². The lowest BCUT2D eigenvalue weighted by Crippen LogP contribution is -2.39. The highest BCUT2D eigenvalue weighted by atomic mass is 32.2. The molecule has 1 heterocycles. The van der Waals surface area contributed by atoms with Crippen molar-refractivity contribution in [3.63, 3.8) is 0 Å². The van der Waals surface area contributed by atoms with E-state index in [-0.39, 0.29) is 15.4 Å². The Morgan fingerprint density at radius 1 is 1.07 bits per heavy atom. The highest BCUT2D eigenvalue weighted by Gasteiger charge is 2.28. The van der Waals surface area contributed by atoms with Crippen LogP contribution in [-0.4, -0.2) is 40.1 Å². The molecule has 2 aromatic carbocycles. The van der Waals surface area contributed by atoms with Crippen molar-refractivity contribution in [2.24, 2.45) is 11.1 Å². The van der Waals surface area contributed by atoms with E-state index in [0.29, 0.717) is 24.7 Å². The van der Waals surface area contributed by atoms with Crippen molar-refractivity contribution in [3.8, 4) is 0 Å². The number of nitrogens with one attached hydrogen (secondary N) is 1. The maximum Gasteiger partial charge on any atom is 0.255 e. The molecule has 0 saturated carbocycles. The monoisotopic (exact) mass is 437 g/mol. The van der Waals surface area contributed by atoms with Gasteiger partial charge in [0.2, 0.25) is 20.0 Å². The summed E-state index contributed by atoms with van der Waals surface area (Å²) in [4.78, 5) is 12.4. The summed E-state index contributed by atoms with van der Waals surface area (Å²) >= 11 is 0. The summed E-state index contributed by atoms with van der Waals surface area (Å²) in [5, 5.41) is 7.70. The van der Waals surface area contributed by atoms with Crippen LogP contribution in [0.1, 0.15) is 30.1 Å². The quantitative estimate of drug-likeness (QED) is 0.740. The maximum atomic E-state index is 12.8. The number of piperidine rings is 1. The van der Waals surface area contributed by atoms with Gasteiger partial charge in [-0.25, -0.2) is 22.0 Å². The summed E-state index contributed by atoms with van der Waals surface area (Å²) in [6.45, 7) is 3.04. The van der Waals surface area contributed by atoms with Gasteiger partial charge in [0.1, 0.15) is 0 Å². The molecule has 3 N–H and O–H groups in total. The molecule has 29 heavy (non-hydrogen) atoms. The fourth-order valence-electron chi connectivity index (χ4n) is 3.24. The Balaban J connectivity index is 1.75. The van der Waals surface area contributed by atoms with Crippen LogP contribution >= 0.6 is 0 Å². The third-order valence-corrected chi connectivity index (χ3v) is 7.58. The van der Waals surface area contributed by atoms with Crippen molar-refractivity contribution in [1.82, 2.24) is 4.31 Å². The second-order valence-electron chi connectivity index (χ2n) is 7.16. The molecule has 3 rings (SSSR count). The molecule has 0 aromatic heterocycles. The first-order chi connectivity index (χ1) is 13.6. The minimum absolute atomic E-state index is 0.121. The van der Waals surface area contributed by atoms with E-state index in [0.717, 1.165) is 12.8 Å². The van der Waals surface area contributed by atoms with Crippen molar-refractivity contribution < 1.29 is 21.6 Å². The van der Waals surface area contributed by atoms with E-state index in [1.807, 2.05) is 6.92 Å². The zero-order valence-electron chi connectivity index (χ0n) is 15.9. The molecule has 1 unspecified atom stereocenters. The van der Waals surface area contributed by atoms with Crippen LogP contribution in [0.25, 0.3) is 0 Å². The Hall–Kier alpha value is -2.27. The van der Waals surface area contributed by atoms with Crippen molar-refractivity contribution in [2.45, 2.75) is 29.6 Å². The summed E-state index contributed by atoms with van der Waals surface area (Å²) in [6, 6.07) is 11.3. The number of carbonyl (C=O) groups is 1. The van der Waals surface area contributed by atoms with Gasteiger partial charge >= 0.3 is 0 Å². The Kier molecular flexibility index (Phi) is 6.08. The number of nitrogens with two attached hydrogens (primary N) is 1. The molecule has 1 saturated heterocycles. The summed E-state index contributed by atoms with van der Waals surface area (Å²) < 4.78 is 49.9. The first-order valence-electron chi connectivity index (χ1n) is 9.12. The number of hydrogen-bond acceptors (Lipinski definition) is 5. The molecule has 1 amide bonds. The van der Waals surface area contributed by atoms with Gasteiger partial charge in [-0.15, -0.1) is 0 Å². The molecule has 156 valence electrons. The fourth-order valence-corrected chi connectivity index (χ4v) is 5.40. The number of amides is 1. The predicted molar refractivity (Wildman–Crippen MR) is 109 cm³/mol. The molecule has 0 aliphatic carbocycles. The summed E-state index contributed by atoms with van der Waals surface area (Å²) in [7, 11) is -7.49. The number of hydrogen-bond donors (Lipinski definition) is 2. The standard InChI is InChI=1S/C19H23N3O5S2/c1-14-4-3-11-22(13-14)29(26,27)17-9-7-16(8-10-17)21-19(23)15-5-2-6-18(12-15)28(20,24)25/h2,5-10,12,14H,3-4,11,13H2,1H3,(H,21,23)(H2,20,24,25). The normalized spacial score (nSPS) is 18.3. The molecule has 0 spiro atoms. The SMILES string of the molecule is CC1CCCN(S(=O)(=O)c2ccc(NC(=O)c3cccc(S(N)(=O)=O)c3)cc2)C1. The molecule has 2 aromatic rings. The highest BCUT2D eigenvalue weighted by Crippen LogP contribution is 2.24. The average Bonchev–Trinajstić information content (AvgIpc) is 2.68. The van der Waals surface area contributed by atoms with Gasteiger partial charge in [0.15, 0.2) is 0 Å². The molecule has 10 heteroatoms. The van der Waals surface area contributed by atoms with Crippen LogP contribution in [-0.2, 0) is 20.0 Å². The van der Waals surface area contributed by atoms with Crippen molar-refractivity contribution in [3.05, 3.63) is 54.1 Å². The molecule has 8 nitrogen and oxygen atoms in total. The minimum Gasteiger partial charge on any atom is -0.322 e. The van der Waals surface area contributed by atoms with E-state index in [4.69, 9.17) is 5.14 Å². The number of sulfonamides is 2. The van der Waals surface area contributed by atoms with Crippen LogP contribution in [0.4, 0.5) is 5.69 Å². The van der Waals surface area contributed by atoms with E-state index in [1.54, 1.807) is 0 Å². The molecule has 0 radical (unpaired) electrons. The number of anilines is 1. The van der Waals surface area contributed by atoms with Gasteiger partial charge in [-0.3, -0.25) is 4.79 Å². The third kappa shape index (κ3) is 5.02. The van der Waals surface area contributed by atoms with E-state index in [9.17, 15) is 21.6 Å². The smallest absolute Gasteiger partial charge is 0.255 e. The van der Waals surface area contributed by atoms with E-state index >= 15 is 0 Å². The van der Waals surface area contributed by atoms with Crippen molar-refractivity contribution in [2.75, 3.05) is 18.4 Å². The van der Waals surface area contributed by atoms with Crippen molar-refractivity contribution >= 4 is 31.6 Å². The lowest BCUT2D eigenvalue weighted by Gasteiger charge is -2.30. The van der Waals surface area contributed by atoms with E-state index in [1.165, 1.54) is 52.8 Å². The zero-order chi connectivity index (χ0) is 21.2. The Bertz CT molecular complexity index is 1110. The van der Waals surface area contributed by atoms with Gasteiger partial charge in [0.05, 0.1) is 9.79 Å². The summed E-state index contributed by atoms with van der Waals surface area (Å²) in [5.74, 6) is -0.207. The van der Waals surface area contributed by atoms with Crippen LogP contribution in [0.3, 0.4) is 0 Å². The number of carbonyl (C=O) groups excluding carboxylic acids is 1. The van der Waals surface area contributed by atoms with Gasteiger partial charge in [-0.05, 0) is 61.2 Å². The van der Waals surface area contributed by atoms with Crippen LogP contribution in [0.2, 0.25) is 0 Å². The number of nitrogens with zero attached hydrogens (tertiary/aromatic N) is 1. The number of benzene rings is 2. The molecule has 1 fully saturated rings. The van der Waals surface area contributed by atoms with E-state index in [2.05, 4.69) is 5.32 Å². The van der Waals surface area contributed by atoms with Crippen LogP contribution < -0.4 is 10.5 Å². The fraction of sp³-hybridized carbons (Fsp3) is 0.316. The lowest BCUT2D eigenvalue weighted by molar-refractivity contribution is 0.102. The van der Waals surface area contributed by atoms with Crippen LogP contribution in [0, 0.1) is 5.92 Å². The van der Waals surface area contributed by atoms with E-state index < -0.39 is 26.0 Å². The third-order valence-electron chi connectivity index (χ3n) is 4.79. The number of primary sulfonamides is 1. The first kappa shape index (κ1) is 21.4. The molecule has 1 aliphatic rings. The van der Waals surface area contributed by atoms with Gasteiger partial charge in [0.25, 0.3) is 5.91 Å². The summed E-state index contributed by atoms with van der Waals surface area (Å²) in [5.41, 5.74) is 0.512. The van der Waals surface area contributed by atoms with Gasteiger partial charge in [0, 0.05) is 24.3 Å². The van der Waals surface area contributed by atoms with Crippen LogP contribution in [0.15, 0.2) is 58.3 Å². The van der Waals surface area contributed by atoms with Gasteiger partial charge < -0.3 is 5.32 Å². The molecular weight excluding hydrogens is 414 g/mol. The molecule has 1 atom stereocenters. The largest absolute Gasteiger partial charge is 0.322 e. The molecule has 0 bridgehead atoms. The number of rotatable bonds is 5. The molecule has 1 aliphatic heterocycles. The van der Waals surface area contributed by atoms with Gasteiger partial charge in [-0.2, -0.15) is 4.31 Å². The molecular formula is C19H23N3O5S2. The predicted octanol–water partition coefficient (Wildman–Crippen LogP) is 2.01. The minimum atomic E-state index is -3.92. The lowest BCUT2D eigenvalue weighted by atomic mass is 10.0. The average molecular weight is 438 g/mol. The Labute approximate surface area is 170 Å². The first-order valence-corrected chi connectivity index (χ1v) is 12.1. The van der Waals surface area contributed by atoms with Crippen molar-refractivity contribution in [1.29, 1.82) is 0 Å².